The second kappa shape index (κ2) is 7.68. The number of amides is 2. The molecular formula is C19H26N4O2. The maximum absolute atomic E-state index is 12.9. The molecule has 0 radical (unpaired) electrons. The predicted molar refractivity (Wildman–Crippen MR) is 97.5 cm³/mol. The maximum atomic E-state index is 12.9. The molecule has 6 nitrogen and oxygen atoms in total. The Morgan fingerprint density at radius 2 is 1.88 bits per heavy atom. The van der Waals surface area contributed by atoms with Crippen LogP contribution < -0.4 is 0 Å². The van der Waals surface area contributed by atoms with Crippen LogP contribution in [0, 0.1) is 0 Å². The molecule has 1 aliphatic rings. The Hall–Kier alpha value is -2.37. The second-order valence-electron chi connectivity index (χ2n) is 6.55. The van der Waals surface area contributed by atoms with Crippen LogP contribution in [0.2, 0.25) is 0 Å². The third-order valence-electron chi connectivity index (χ3n) is 4.71. The first-order valence-electron chi connectivity index (χ1n) is 9.18. The first-order valence-corrected chi connectivity index (χ1v) is 9.18. The lowest BCUT2D eigenvalue weighted by Crippen LogP contribution is -2.37. The summed E-state index contributed by atoms with van der Waals surface area (Å²) in [7, 11) is 0. The molecule has 1 aliphatic heterocycles. The van der Waals surface area contributed by atoms with Crippen LogP contribution in [-0.4, -0.2) is 57.8 Å². The number of carbonyl (C=O) groups excluding carboxylic acids is 2. The molecular weight excluding hydrogens is 316 g/mol. The van der Waals surface area contributed by atoms with Crippen molar-refractivity contribution in [1.29, 1.82) is 0 Å². The molecule has 2 amide bonds. The number of carbonyl (C=O) groups is 2. The second-order valence-corrected chi connectivity index (χ2v) is 6.55. The lowest BCUT2D eigenvalue weighted by Gasteiger charge is -2.22. The summed E-state index contributed by atoms with van der Waals surface area (Å²) in [6, 6.07) is 5.62. The van der Waals surface area contributed by atoms with E-state index in [1.165, 1.54) is 0 Å². The van der Waals surface area contributed by atoms with Crippen molar-refractivity contribution in [3.8, 4) is 0 Å². The first kappa shape index (κ1) is 17.5. The fourth-order valence-corrected chi connectivity index (χ4v) is 3.29. The fourth-order valence-electron chi connectivity index (χ4n) is 3.29. The van der Waals surface area contributed by atoms with E-state index in [1.54, 1.807) is 0 Å². The van der Waals surface area contributed by atoms with Crippen LogP contribution in [0.1, 0.15) is 49.3 Å². The molecule has 0 aliphatic carbocycles. The normalized spacial score (nSPS) is 15.4. The minimum atomic E-state index is 0.0272. The predicted octanol–water partition coefficient (Wildman–Crippen LogP) is 2.60. The molecule has 0 unspecified atom stereocenters. The van der Waals surface area contributed by atoms with Crippen LogP contribution in [0.5, 0.6) is 0 Å². The SMILES string of the molecule is CCCC(=O)N1CCCN(C(=O)c2ccc3nc(CC)[nH]c3c2)CC1. The van der Waals surface area contributed by atoms with E-state index in [-0.39, 0.29) is 11.8 Å². The molecule has 0 atom stereocenters. The van der Waals surface area contributed by atoms with Crippen LogP contribution >= 0.6 is 0 Å². The molecule has 1 N–H and O–H groups in total. The van der Waals surface area contributed by atoms with Crippen molar-refractivity contribution in [3.63, 3.8) is 0 Å². The molecule has 0 spiro atoms. The number of H-pyrrole nitrogens is 1. The van der Waals surface area contributed by atoms with Crippen molar-refractivity contribution in [3.05, 3.63) is 29.6 Å². The molecule has 1 aromatic carbocycles. The number of nitrogens with zero attached hydrogens (tertiary/aromatic N) is 3. The van der Waals surface area contributed by atoms with E-state index < -0.39 is 0 Å². The molecule has 3 rings (SSSR count). The van der Waals surface area contributed by atoms with Crippen LogP contribution in [0.15, 0.2) is 18.2 Å². The molecule has 25 heavy (non-hydrogen) atoms. The minimum Gasteiger partial charge on any atom is -0.342 e. The summed E-state index contributed by atoms with van der Waals surface area (Å²) < 4.78 is 0. The summed E-state index contributed by atoms with van der Waals surface area (Å²) in [4.78, 5) is 36.4. The van der Waals surface area contributed by atoms with Gasteiger partial charge < -0.3 is 14.8 Å². The van der Waals surface area contributed by atoms with Crippen molar-refractivity contribution in [2.45, 2.75) is 39.5 Å². The standard InChI is InChI=1S/C19H26N4O2/c1-3-6-18(24)22-9-5-10-23(12-11-22)19(25)14-7-8-15-16(13-14)21-17(4-2)20-15/h7-8,13H,3-6,9-12H2,1-2H3,(H,20,21). The summed E-state index contributed by atoms with van der Waals surface area (Å²) in [6.07, 6.45) is 3.12. The number of benzene rings is 1. The van der Waals surface area contributed by atoms with E-state index in [9.17, 15) is 9.59 Å². The van der Waals surface area contributed by atoms with Gasteiger partial charge in [-0.15, -0.1) is 0 Å². The van der Waals surface area contributed by atoms with Crippen molar-refractivity contribution < 1.29 is 9.59 Å². The Bertz CT molecular complexity index is 768. The molecule has 1 fully saturated rings. The molecule has 1 saturated heterocycles. The van der Waals surface area contributed by atoms with Gasteiger partial charge in [0, 0.05) is 44.6 Å². The summed E-state index contributed by atoms with van der Waals surface area (Å²) >= 11 is 0. The average Bonchev–Trinajstić information content (AvgIpc) is 2.88. The zero-order valence-electron chi connectivity index (χ0n) is 15.0. The van der Waals surface area contributed by atoms with E-state index in [0.717, 1.165) is 42.7 Å². The van der Waals surface area contributed by atoms with Gasteiger partial charge in [-0.25, -0.2) is 4.98 Å². The number of imidazole rings is 1. The van der Waals surface area contributed by atoms with Crippen LogP contribution in [0.3, 0.4) is 0 Å². The minimum absolute atomic E-state index is 0.0272. The van der Waals surface area contributed by atoms with E-state index in [4.69, 9.17) is 0 Å². The van der Waals surface area contributed by atoms with Crippen LogP contribution in [0.25, 0.3) is 11.0 Å². The number of nitrogens with one attached hydrogen (secondary N) is 1. The van der Waals surface area contributed by atoms with E-state index in [2.05, 4.69) is 9.97 Å². The Kier molecular flexibility index (Phi) is 5.36. The van der Waals surface area contributed by atoms with Gasteiger partial charge in [-0.05, 0) is 31.0 Å². The highest BCUT2D eigenvalue weighted by Crippen LogP contribution is 2.17. The van der Waals surface area contributed by atoms with Gasteiger partial charge in [0.15, 0.2) is 0 Å². The third kappa shape index (κ3) is 3.83. The Labute approximate surface area is 148 Å². The summed E-state index contributed by atoms with van der Waals surface area (Å²) in [6.45, 7) is 6.71. The molecule has 0 bridgehead atoms. The number of aromatic amines is 1. The Morgan fingerprint density at radius 1 is 1.12 bits per heavy atom. The molecule has 1 aromatic heterocycles. The number of aromatic nitrogens is 2. The van der Waals surface area contributed by atoms with Crippen molar-refractivity contribution >= 4 is 22.8 Å². The van der Waals surface area contributed by atoms with Gasteiger partial charge in [0.2, 0.25) is 5.91 Å². The Morgan fingerprint density at radius 3 is 2.64 bits per heavy atom. The van der Waals surface area contributed by atoms with E-state index >= 15 is 0 Å². The summed E-state index contributed by atoms with van der Waals surface area (Å²) in [5.41, 5.74) is 2.46. The summed E-state index contributed by atoms with van der Waals surface area (Å²) in [5, 5.41) is 0. The van der Waals surface area contributed by atoms with Gasteiger partial charge in [-0.3, -0.25) is 9.59 Å². The highest BCUT2D eigenvalue weighted by Gasteiger charge is 2.22. The van der Waals surface area contributed by atoms with Crippen molar-refractivity contribution in [2.24, 2.45) is 0 Å². The topological polar surface area (TPSA) is 69.3 Å². The van der Waals surface area contributed by atoms with Gasteiger partial charge in [0.1, 0.15) is 5.82 Å². The van der Waals surface area contributed by atoms with E-state index in [1.807, 2.05) is 41.8 Å². The first-order chi connectivity index (χ1) is 12.1. The summed E-state index contributed by atoms with van der Waals surface area (Å²) in [5.74, 6) is 1.15. The molecule has 134 valence electrons. The van der Waals surface area contributed by atoms with Gasteiger partial charge in [0.05, 0.1) is 11.0 Å². The Balaban J connectivity index is 1.71. The van der Waals surface area contributed by atoms with Crippen LogP contribution in [-0.2, 0) is 11.2 Å². The number of hydrogen-bond donors (Lipinski definition) is 1. The number of hydrogen-bond acceptors (Lipinski definition) is 3. The zero-order valence-corrected chi connectivity index (χ0v) is 15.0. The van der Waals surface area contributed by atoms with Gasteiger partial charge >= 0.3 is 0 Å². The van der Waals surface area contributed by atoms with Gasteiger partial charge in [0.25, 0.3) is 5.91 Å². The largest absolute Gasteiger partial charge is 0.342 e. The van der Waals surface area contributed by atoms with Gasteiger partial charge in [-0.1, -0.05) is 13.8 Å². The lowest BCUT2D eigenvalue weighted by atomic mass is 10.1. The van der Waals surface area contributed by atoms with Gasteiger partial charge in [-0.2, -0.15) is 0 Å². The lowest BCUT2D eigenvalue weighted by molar-refractivity contribution is -0.131. The fraction of sp³-hybridized carbons (Fsp3) is 0.526. The number of rotatable bonds is 4. The monoisotopic (exact) mass is 342 g/mol. The van der Waals surface area contributed by atoms with E-state index in [0.29, 0.717) is 31.6 Å². The highest BCUT2D eigenvalue weighted by molar-refractivity contribution is 5.97. The average molecular weight is 342 g/mol. The molecule has 2 heterocycles. The molecule has 2 aromatic rings. The smallest absolute Gasteiger partial charge is 0.253 e. The quantitative estimate of drug-likeness (QED) is 0.928. The van der Waals surface area contributed by atoms with Crippen molar-refractivity contribution in [1.82, 2.24) is 19.8 Å². The molecule has 0 saturated carbocycles. The maximum Gasteiger partial charge on any atom is 0.253 e. The molecule has 6 heteroatoms. The highest BCUT2D eigenvalue weighted by atomic mass is 16.2. The van der Waals surface area contributed by atoms with Crippen LogP contribution in [0.4, 0.5) is 0 Å². The zero-order chi connectivity index (χ0) is 17.8. The third-order valence-corrected chi connectivity index (χ3v) is 4.71. The number of aryl methyl sites for hydroxylation is 1. The van der Waals surface area contributed by atoms with Crippen molar-refractivity contribution in [2.75, 3.05) is 26.2 Å². The number of fused-ring (bicyclic) bond motifs is 1.